The van der Waals surface area contributed by atoms with Gasteiger partial charge in [-0.15, -0.1) is 13.2 Å². The van der Waals surface area contributed by atoms with Gasteiger partial charge >= 0.3 is 6.36 Å². The zero-order valence-corrected chi connectivity index (χ0v) is 10.9. The molecule has 6 heteroatoms. The van der Waals surface area contributed by atoms with Gasteiger partial charge in [0.1, 0.15) is 5.75 Å². The summed E-state index contributed by atoms with van der Waals surface area (Å²) in [6.45, 7) is 0. The summed E-state index contributed by atoms with van der Waals surface area (Å²) < 4.78 is 40.9. The van der Waals surface area contributed by atoms with Crippen LogP contribution in [0.1, 0.15) is 0 Å². The van der Waals surface area contributed by atoms with E-state index in [4.69, 9.17) is 23.2 Å². The molecule has 0 aromatic heterocycles. The molecule has 0 aliphatic heterocycles. The highest BCUT2D eigenvalue weighted by Crippen LogP contribution is 2.35. The lowest BCUT2D eigenvalue weighted by atomic mass is 10.0. The number of rotatable bonds is 2. The van der Waals surface area contributed by atoms with Crippen molar-refractivity contribution in [2.24, 2.45) is 0 Å². The molecule has 0 bridgehead atoms. The fourth-order valence-corrected chi connectivity index (χ4v) is 2.15. The Morgan fingerprint density at radius 2 is 1.47 bits per heavy atom. The van der Waals surface area contributed by atoms with Gasteiger partial charge in [-0.2, -0.15) is 0 Å². The lowest BCUT2D eigenvalue weighted by Crippen LogP contribution is -2.17. The summed E-state index contributed by atoms with van der Waals surface area (Å²) in [5, 5.41) is 0.675. The van der Waals surface area contributed by atoms with E-state index in [1.54, 1.807) is 6.07 Å². The second-order valence-corrected chi connectivity index (χ2v) is 4.57. The van der Waals surface area contributed by atoms with Crippen molar-refractivity contribution in [3.8, 4) is 16.9 Å². The fraction of sp³-hybridized carbons (Fsp3) is 0.0769. The van der Waals surface area contributed by atoms with E-state index in [0.717, 1.165) is 0 Å². The molecule has 0 amide bonds. The van der Waals surface area contributed by atoms with Crippen molar-refractivity contribution in [3.63, 3.8) is 0 Å². The maximum Gasteiger partial charge on any atom is 0.573 e. The van der Waals surface area contributed by atoms with Crippen LogP contribution >= 0.6 is 23.2 Å². The van der Waals surface area contributed by atoms with E-state index in [9.17, 15) is 13.2 Å². The van der Waals surface area contributed by atoms with E-state index in [-0.39, 0.29) is 11.3 Å². The van der Waals surface area contributed by atoms with Crippen molar-refractivity contribution in [2.45, 2.75) is 6.36 Å². The van der Waals surface area contributed by atoms with Crippen molar-refractivity contribution in [2.75, 3.05) is 0 Å². The first kappa shape index (κ1) is 14.0. The molecule has 0 atom stereocenters. The van der Waals surface area contributed by atoms with Gasteiger partial charge in [0.2, 0.25) is 0 Å². The summed E-state index contributed by atoms with van der Waals surface area (Å²) in [5.74, 6) is -0.298. The number of benzene rings is 2. The first-order valence-corrected chi connectivity index (χ1v) is 5.92. The monoisotopic (exact) mass is 306 g/mol. The Balaban J connectivity index is 2.50. The second-order valence-electron chi connectivity index (χ2n) is 3.70. The Hall–Kier alpha value is -1.39. The van der Waals surface area contributed by atoms with E-state index in [1.165, 1.54) is 36.4 Å². The minimum absolute atomic E-state index is 0.268. The largest absolute Gasteiger partial charge is 0.573 e. The summed E-state index contributed by atoms with van der Waals surface area (Å²) in [7, 11) is 0. The summed E-state index contributed by atoms with van der Waals surface area (Å²) >= 11 is 11.7. The molecule has 0 radical (unpaired) electrons. The van der Waals surface area contributed by atoms with Crippen LogP contribution in [0.2, 0.25) is 10.0 Å². The molecule has 0 heterocycles. The summed E-state index contributed by atoms with van der Waals surface area (Å²) in [6, 6.07) is 10.3. The Morgan fingerprint density at radius 3 is 2.05 bits per heavy atom. The Kier molecular flexibility index (Phi) is 3.92. The van der Waals surface area contributed by atoms with E-state index in [2.05, 4.69) is 4.74 Å². The molecule has 19 heavy (non-hydrogen) atoms. The van der Waals surface area contributed by atoms with Gasteiger partial charge in [-0.3, -0.25) is 0 Å². The van der Waals surface area contributed by atoms with Gasteiger partial charge in [0.25, 0.3) is 0 Å². The molecule has 0 spiro atoms. The van der Waals surface area contributed by atoms with Crippen molar-refractivity contribution in [3.05, 3.63) is 52.5 Å². The topological polar surface area (TPSA) is 9.23 Å². The molecular weight excluding hydrogens is 300 g/mol. The first-order valence-electron chi connectivity index (χ1n) is 5.16. The molecule has 2 rings (SSSR count). The van der Waals surface area contributed by atoms with Crippen LogP contribution in [0.15, 0.2) is 42.5 Å². The van der Waals surface area contributed by atoms with Crippen molar-refractivity contribution in [1.82, 2.24) is 0 Å². The molecule has 0 aliphatic carbocycles. The van der Waals surface area contributed by atoms with Gasteiger partial charge in [0, 0.05) is 15.6 Å². The predicted octanol–water partition coefficient (Wildman–Crippen LogP) is 5.56. The molecule has 0 N–H and O–H groups in total. The normalized spacial score (nSPS) is 11.4. The fourth-order valence-electron chi connectivity index (χ4n) is 1.63. The molecule has 0 unspecified atom stereocenters. The van der Waals surface area contributed by atoms with Crippen LogP contribution in [0.5, 0.6) is 5.75 Å². The van der Waals surface area contributed by atoms with Crippen molar-refractivity contribution >= 4 is 23.2 Å². The number of halogens is 5. The van der Waals surface area contributed by atoms with Crippen LogP contribution in [0.4, 0.5) is 13.2 Å². The third-order valence-corrected chi connectivity index (χ3v) is 2.72. The average molecular weight is 307 g/mol. The Morgan fingerprint density at radius 1 is 0.895 bits per heavy atom. The SMILES string of the molecule is FC(F)(F)Oc1ccccc1-c1cc(Cl)cc(Cl)c1. The zero-order chi connectivity index (χ0) is 14.0. The molecule has 2 aromatic carbocycles. The molecule has 0 fully saturated rings. The first-order chi connectivity index (χ1) is 8.85. The second kappa shape index (κ2) is 5.31. The zero-order valence-electron chi connectivity index (χ0n) is 9.34. The van der Waals surface area contributed by atoms with Crippen LogP contribution in [0, 0.1) is 0 Å². The van der Waals surface area contributed by atoms with E-state index >= 15 is 0 Å². The minimum Gasteiger partial charge on any atom is -0.405 e. The Labute approximate surface area is 117 Å². The maximum atomic E-state index is 12.3. The smallest absolute Gasteiger partial charge is 0.405 e. The molecule has 2 aromatic rings. The quantitative estimate of drug-likeness (QED) is 0.706. The number of ether oxygens (including phenoxy) is 1. The number of hydrogen-bond donors (Lipinski definition) is 0. The highest BCUT2D eigenvalue weighted by atomic mass is 35.5. The van der Waals surface area contributed by atoms with Crippen molar-refractivity contribution in [1.29, 1.82) is 0 Å². The summed E-state index contributed by atoms with van der Waals surface area (Å²) in [5.41, 5.74) is 0.724. The Bertz CT molecular complexity index is 576. The molecule has 0 aliphatic rings. The minimum atomic E-state index is -4.75. The van der Waals surface area contributed by atoms with E-state index < -0.39 is 6.36 Å². The standard InChI is InChI=1S/C13H7Cl2F3O/c14-9-5-8(6-10(15)7-9)11-3-1-2-4-12(11)19-13(16,17)18/h1-7H. The van der Waals surface area contributed by atoms with Crippen LogP contribution in [0.3, 0.4) is 0 Å². The summed E-state index contributed by atoms with van der Waals surface area (Å²) in [6.07, 6.45) is -4.75. The number of hydrogen-bond acceptors (Lipinski definition) is 1. The van der Waals surface area contributed by atoms with Gasteiger partial charge in [-0.05, 0) is 29.8 Å². The lowest BCUT2D eigenvalue weighted by Gasteiger charge is -2.13. The highest BCUT2D eigenvalue weighted by molar-refractivity contribution is 6.35. The maximum absolute atomic E-state index is 12.3. The third kappa shape index (κ3) is 3.78. The number of alkyl halides is 3. The molecule has 0 saturated heterocycles. The third-order valence-electron chi connectivity index (χ3n) is 2.29. The number of para-hydroxylation sites is 1. The van der Waals surface area contributed by atoms with Gasteiger partial charge in [-0.1, -0.05) is 41.4 Å². The predicted molar refractivity (Wildman–Crippen MR) is 68.6 cm³/mol. The van der Waals surface area contributed by atoms with Gasteiger partial charge in [0.15, 0.2) is 0 Å². The van der Waals surface area contributed by atoms with Gasteiger partial charge in [0.05, 0.1) is 0 Å². The van der Waals surface area contributed by atoms with E-state index in [1.807, 2.05) is 0 Å². The molecular formula is C13H7Cl2F3O. The highest BCUT2D eigenvalue weighted by Gasteiger charge is 2.32. The molecule has 0 saturated carbocycles. The van der Waals surface area contributed by atoms with Crippen LogP contribution in [0.25, 0.3) is 11.1 Å². The summed E-state index contributed by atoms with van der Waals surface area (Å²) in [4.78, 5) is 0. The van der Waals surface area contributed by atoms with Crippen LogP contribution < -0.4 is 4.74 Å². The van der Waals surface area contributed by atoms with Crippen LogP contribution in [-0.4, -0.2) is 6.36 Å². The van der Waals surface area contributed by atoms with Gasteiger partial charge in [-0.25, -0.2) is 0 Å². The van der Waals surface area contributed by atoms with Crippen LogP contribution in [-0.2, 0) is 0 Å². The van der Waals surface area contributed by atoms with Crippen molar-refractivity contribution < 1.29 is 17.9 Å². The average Bonchev–Trinajstić information content (AvgIpc) is 2.26. The molecule has 100 valence electrons. The molecule has 1 nitrogen and oxygen atoms in total. The van der Waals surface area contributed by atoms with E-state index in [0.29, 0.717) is 15.6 Å². The lowest BCUT2D eigenvalue weighted by molar-refractivity contribution is -0.274. The van der Waals surface area contributed by atoms with Gasteiger partial charge < -0.3 is 4.74 Å².